The van der Waals surface area contributed by atoms with E-state index >= 15 is 0 Å². The molecule has 4 heteroatoms. The van der Waals surface area contributed by atoms with E-state index in [2.05, 4.69) is 9.88 Å². The average molecular weight is 319 g/mol. The maximum absolute atomic E-state index is 12.6. The van der Waals surface area contributed by atoms with Crippen LogP contribution in [0.15, 0.2) is 54.6 Å². The lowest BCUT2D eigenvalue weighted by atomic mass is 10.1. The van der Waals surface area contributed by atoms with Gasteiger partial charge in [-0.25, -0.2) is 4.98 Å². The number of hydrogen-bond acceptors (Lipinski definition) is 2. The second-order valence-electron chi connectivity index (χ2n) is 6.52. The quantitative estimate of drug-likeness (QED) is 0.778. The van der Waals surface area contributed by atoms with Crippen molar-refractivity contribution in [3.63, 3.8) is 0 Å². The number of aromatic nitrogens is 2. The van der Waals surface area contributed by atoms with Crippen molar-refractivity contribution in [1.82, 2.24) is 14.9 Å². The first-order valence-corrected chi connectivity index (χ1v) is 8.52. The highest BCUT2D eigenvalue weighted by molar-refractivity contribution is 5.81. The summed E-state index contributed by atoms with van der Waals surface area (Å²) in [6.07, 6.45) is 2.34. The number of nitrogens with one attached hydrogen (secondary N) is 1. The summed E-state index contributed by atoms with van der Waals surface area (Å²) in [6.45, 7) is 2.34. The molecule has 1 aliphatic carbocycles. The van der Waals surface area contributed by atoms with Crippen LogP contribution < -0.4 is 5.32 Å². The lowest BCUT2D eigenvalue weighted by Gasteiger charge is -2.15. The molecule has 1 aliphatic rings. The van der Waals surface area contributed by atoms with Crippen LogP contribution in [0, 0.1) is 0 Å². The van der Waals surface area contributed by atoms with Gasteiger partial charge in [0.1, 0.15) is 12.4 Å². The molecule has 24 heavy (non-hydrogen) atoms. The maximum atomic E-state index is 12.6. The van der Waals surface area contributed by atoms with Crippen molar-refractivity contribution in [2.45, 2.75) is 38.3 Å². The first-order valence-electron chi connectivity index (χ1n) is 8.52. The van der Waals surface area contributed by atoms with Crippen LogP contribution in [0.25, 0.3) is 11.0 Å². The number of carbonyl (C=O) groups is 1. The Bertz CT molecular complexity index is 865. The SMILES string of the molecule is CC(NC(=O)Cn1c(C2CC2)nc2ccccc21)c1ccccc1. The van der Waals surface area contributed by atoms with E-state index in [1.54, 1.807) is 0 Å². The fourth-order valence-corrected chi connectivity index (χ4v) is 3.17. The van der Waals surface area contributed by atoms with Crippen LogP contribution in [0.5, 0.6) is 0 Å². The van der Waals surface area contributed by atoms with E-state index in [4.69, 9.17) is 4.98 Å². The monoisotopic (exact) mass is 319 g/mol. The number of imidazole rings is 1. The summed E-state index contributed by atoms with van der Waals surface area (Å²) >= 11 is 0. The van der Waals surface area contributed by atoms with E-state index in [0.717, 1.165) is 22.4 Å². The zero-order chi connectivity index (χ0) is 16.5. The summed E-state index contributed by atoms with van der Waals surface area (Å²) in [6, 6.07) is 18.1. The Morgan fingerprint density at radius 1 is 1.17 bits per heavy atom. The van der Waals surface area contributed by atoms with Gasteiger partial charge in [-0.15, -0.1) is 0 Å². The van der Waals surface area contributed by atoms with Gasteiger partial charge in [0.2, 0.25) is 5.91 Å². The molecule has 122 valence electrons. The number of para-hydroxylation sites is 2. The standard InChI is InChI=1S/C20H21N3O/c1-14(15-7-3-2-4-8-15)21-19(24)13-23-18-10-6-5-9-17(18)22-20(23)16-11-12-16/h2-10,14,16H,11-13H2,1H3,(H,21,24). The number of amides is 1. The second kappa shape index (κ2) is 6.11. The zero-order valence-electron chi connectivity index (χ0n) is 13.8. The lowest BCUT2D eigenvalue weighted by molar-refractivity contribution is -0.122. The fraction of sp³-hybridized carbons (Fsp3) is 0.300. The molecule has 1 atom stereocenters. The number of hydrogen-bond donors (Lipinski definition) is 1. The molecule has 0 aliphatic heterocycles. The summed E-state index contributed by atoms with van der Waals surface area (Å²) in [5.74, 6) is 1.59. The highest BCUT2D eigenvalue weighted by Gasteiger charge is 2.30. The van der Waals surface area contributed by atoms with Crippen LogP contribution >= 0.6 is 0 Å². The Hall–Kier alpha value is -2.62. The molecule has 3 aromatic rings. The maximum Gasteiger partial charge on any atom is 0.240 e. The molecule has 0 radical (unpaired) electrons. The van der Waals surface area contributed by atoms with E-state index in [9.17, 15) is 4.79 Å². The molecule has 1 saturated carbocycles. The Balaban J connectivity index is 1.55. The van der Waals surface area contributed by atoms with E-state index in [0.29, 0.717) is 12.5 Å². The van der Waals surface area contributed by atoms with Crippen LogP contribution in [-0.4, -0.2) is 15.5 Å². The molecule has 1 fully saturated rings. The molecule has 1 N–H and O–H groups in total. The van der Waals surface area contributed by atoms with Crippen LogP contribution in [0.1, 0.15) is 43.1 Å². The van der Waals surface area contributed by atoms with Crippen LogP contribution in [0.4, 0.5) is 0 Å². The minimum absolute atomic E-state index is 0.00198. The predicted molar refractivity (Wildman–Crippen MR) is 94.7 cm³/mol. The normalized spacial score (nSPS) is 15.4. The van der Waals surface area contributed by atoms with Gasteiger partial charge in [0.15, 0.2) is 0 Å². The highest BCUT2D eigenvalue weighted by atomic mass is 16.2. The minimum atomic E-state index is -0.00198. The lowest BCUT2D eigenvalue weighted by Crippen LogP contribution is -2.30. The van der Waals surface area contributed by atoms with Crippen molar-refractivity contribution >= 4 is 16.9 Å². The molecule has 0 saturated heterocycles. The first kappa shape index (κ1) is 14.9. The molecular formula is C20H21N3O. The number of fused-ring (bicyclic) bond motifs is 1. The molecule has 1 heterocycles. The average Bonchev–Trinajstić information content (AvgIpc) is 3.39. The number of rotatable bonds is 5. The first-order chi connectivity index (χ1) is 11.7. The molecule has 1 aromatic heterocycles. The molecular weight excluding hydrogens is 298 g/mol. The van der Waals surface area contributed by atoms with Crippen LogP contribution in [0.2, 0.25) is 0 Å². The Kier molecular flexibility index (Phi) is 3.81. The van der Waals surface area contributed by atoms with Crippen molar-refractivity contribution < 1.29 is 4.79 Å². The van der Waals surface area contributed by atoms with Crippen molar-refractivity contribution in [2.24, 2.45) is 0 Å². The van der Waals surface area contributed by atoms with E-state index in [-0.39, 0.29) is 11.9 Å². The summed E-state index contributed by atoms with van der Waals surface area (Å²) in [5.41, 5.74) is 3.13. The van der Waals surface area contributed by atoms with Gasteiger partial charge in [0, 0.05) is 5.92 Å². The molecule has 4 rings (SSSR count). The number of benzene rings is 2. The molecule has 1 amide bonds. The van der Waals surface area contributed by atoms with Crippen molar-refractivity contribution in [3.8, 4) is 0 Å². The summed E-state index contributed by atoms with van der Waals surface area (Å²) in [4.78, 5) is 17.3. The van der Waals surface area contributed by atoms with Gasteiger partial charge in [0.25, 0.3) is 0 Å². The molecule has 2 aromatic carbocycles. The van der Waals surface area contributed by atoms with Crippen molar-refractivity contribution in [1.29, 1.82) is 0 Å². The largest absolute Gasteiger partial charge is 0.348 e. The molecule has 0 bridgehead atoms. The third-order valence-electron chi connectivity index (χ3n) is 4.61. The van der Waals surface area contributed by atoms with E-state index < -0.39 is 0 Å². The van der Waals surface area contributed by atoms with E-state index in [1.165, 1.54) is 12.8 Å². The number of nitrogens with zero attached hydrogens (tertiary/aromatic N) is 2. The van der Waals surface area contributed by atoms with Crippen LogP contribution in [0.3, 0.4) is 0 Å². The van der Waals surface area contributed by atoms with E-state index in [1.807, 2.05) is 61.5 Å². The van der Waals surface area contributed by atoms with Crippen LogP contribution in [-0.2, 0) is 11.3 Å². The summed E-state index contributed by atoms with van der Waals surface area (Å²) in [5, 5.41) is 3.10. The molecule has 0 spiro atoms. The Labute approximate surface area is 141 Å². The van der Waals surface area contributed by atoms with Gasteiger partial charge in [-0.05, 0) is 37.5 Å². The van der Waals surface area contributed by atoms with Gasteiger partial charge >= 0.3 is 0 Å². The Morgan fingerprint density at radius 3 is 2.62 bits per heavy atom. The predicted octanol–water partition coefficient (Wildman–Crippen LogP) is 3.79. The third kappa shape index (κ3) is 2.92. The Morgan fingerprint density at radius 2 is 1.88 bits per heavy atom. The highest BCUT2D eigenvalue weighted by Crippen LogP contribution is 2.40. The fourth-order valence-electron chi connectivity index (χ4n) is 3.17. The minimum Gasteiger partial charge on any atom is -0.348 e. The van der Waals surface area contributed by atoms with Gasteiger partial charge < -0.3 is 9.88 Å². The molecule has 4 nitrogen and oxygen atoms in total. The van der Waals surface area contributed by atoms with Gasteiger partial charge in [-0.1, -0.05) is 42.5 Å². The van der Waals surface area contributed by atoms with Crippen molar-refractivity contribution in [3.05, 3.63) is 66.0 Å². The summed E-state index contributed by atoms with van der Waals surface area (Å²) in [7, 11) is 0. The van der Waals surface area contributed by atoms with Gasteiger partial charge in [-0.2, -0.15) is 0 Å². The van der Waals surface area contributed by atoms with Gasteiger partial charge in [0.05, 0.1) is 17.1 Å². The number of carbonyl (C=O) groups excluding carboxylic acids is 1. The smallest absolute Gasteiger partial charge is 0.240 e. The second-order valence-corrected chi connectivity index (χ2v) is 6.52. The topological polar surface area (TPSA) is 46.9 Å². The van der Waals surface area contributed by atoms with Gasteiger partial charge in [-0.3, -0.25) is 4.79 Å². The molecule has 1 unspecified atom stereocenters. The third-order valence-corrected chi connectivity index (χ3v) is 4.61. The van der Waals surface area contributed by atoms with Crippen molar-refractivity contribution in [2.75, 3.05) is 0 Å². The zero-order valence-corrected chi connectivity index (χ0v) is 13.8. The summed E-state index contributed by atoms with van der Waals surface area (Å²) < 4.78 is 2.08.